The van der Waals surface area contributed by atoms with Gasteiger partial charge < -0.3 is 0 Å². The maximum absolute atomic E-state index is 5.39. The van der Waals surface area contributed by atoms with E-state index in [1.807, 2.05) is 48.5 Å². The van der Waals surface area contributed by atoms with Gasteiger partial charge in [-0.15, -0.1) is 0 Å². The van der Waals surface area contributed by atoms with Crippen LogP contribution in [0, 0.1) is 0 Å². The number of rotatable bonds is 5. The lowest BCUT2D eigenvalue weighted by Crippen LogP contribution is -2.06. The molecule has 8 aromatic carbocycles. The van der Waals surface area contributed by atoms with Crippen molar-refractivity contribution in [2.45, 2.75) is 0 Å². The Balaban J connectivity index is 1.05. The van der Waals surface area contributed by atoms with Crippen LogP contribution in [0.15, 0.2) is 194 Å². The summed E-state index contributed by atoms with van der Waals surface area (Å²) in [5, 5.41) is 5.78. The molecule has 0 spiro atoms. The van der Waals surface area contributed by atoms with Gasteiger partial charge in [-0.1, -0.05) is 146 Å². The highest BCUT2D eigenvalue weighted by molar-refractivity contribution is 6.22. The van der Waals surface area contributed by atoms with Gasteiger partial charge in [0.05, 0.1) is 39.0 Å². The Labute approximate surface area is 333 Å². The fourth-order valence-corrected chi connectivity index (χ4v) is 8.56. The molecule has 58 heavy (non-hydrogen) atoms. The van der Waals surface area contributed by atoms with Gasteiger partial charge in [-0.05, 0) is 70.4 Å². The van der Waals surface area contributed by atoms with Crippen LogP contribution in [0.5, 0.6) is 0 Å². The number of hydrogen-bond acceptors (Lipinski definition) is 4. The van der Waals surface area contributed by atoms with Gasteiger partial charge in [0.2, 0.25) is 5.95 Å². The zero-order valence-corrected chi connectivity index (χ0v) is 31.2. The lowest BCUT2D eigenvalue weighted by atomic mass is 9.98. The maximum Gasteiger partial charge on any atom is 0.221 e. The first-order chi connectivity index (χ1) is 28.7. The smallest absolute Gasteiger partial charge is 0.221 e. The molecule has 6 nitrogen and oxygen atoms in total. The molecule has 0 unspecified atom stereocenters. The van der Waals surface area contributed by atoms with Crippen LogP contribution >= 0.6 is 0 Å². The van der Waals surface area contributed by atoms with E-state index in [4.69, 9.17) is 19.9 Å². The van der Waals surface area contributed by atoms with E-state index in [2.05, 4.69) is 155 Å². The third kappa shape index (κ3) is 5.05. The molecule has 0 amide bonds. The molecule has 0 saturated heterocycles. The van der Waals surface area contributed by atoms with E-state index in [1.54, 1.807) is 0 Å². The fraction of sp³-hybridized carbons (Fsp3) is 0. The third-order valence-electron chi connectivity index (χ3n) is 11.3. The molecule has 0 N–H and O–H groups in total. The average molecular weight is 741 g/mol. The summed E-state index contributed by atoms with van der Waals surface area (Å²) in [6.07, 6.45) is 0. The minimum atomic E-state index is 0.706. The van der Waals surface area contributed by atoms with E-state index < -0.39 is 0 Å². The van der Waals surface area contributed by atoms with Gasteiger partial charge in [0, 0.05) is 32.8 Å². The number of benzene rings is 8. The van der Waals surface area contributed by atoms with Crippen LogP contribution in [0.2, 0.25) is 0 Å². The Hall–Kier alpha value is -7.96. The van der Waals surface area contributed by atoms with Gasteiger partial charge >= 0.3 is 0 Å². The van der Waals surface area contributed by atoms with Gasteiger partial charge in [0.15, 0.2) is 5.82 Å². The lowest BCUT2D eigenvalue weighted by Gasteiger charge is -2.13. The average Bonchev–Trinajstić information content (AvgIpc) is 3.86. The summed E-state index contributed by atoms with van der Waals surface area (Å²) in [6, 6.07) is 67.9. The van der Waals surface area contributed by atoms with E-state index in [1.165, 1.54) is 16.2 Å². The molecule has 0 saturated carbocycles. The number of aromatic nitrogens is 6. The minimum Gasteiger partial charge on any atom is -0.279 e. The van der Waals surface area contributed by atoms with Crippen LogP contribution in [0.25, 0.3) is 111 Å². The summed E-state index contributed by atoms with van der Waals surface area (Å²) in [4.78, 5) is 20.6. The molecule has 0 radical (unpaired) electrons. The predicted octanol–water partition coefficient (Wildman–Crippen LogP) is 12.7. The van der Waals surface area contributed by atoms with E-state index in [0.717, 1.165) is 89.2 Å². The monoisotopic (exact) mass is 740 g/mol. The molecule has 0 aliphatic rings. The van der Waals surface area contributed by atoms with E-state index >= 15 is 0 Å². The molecule has 12 aromatic rings. The van der Waals surface area contributed by atoms with E-state index in [-0.39, 0.29) is 0 Å². The standard InChI is InChI=1S/C52H32N6/c1-3-14-35(15-4-1)44-32-45(54-50(53-44)37-16-5-2-6-17-37)36-25-23-33(24-26-36)38-28-29-46-41(31-38)49-39-18-8-7-13-34(39)27-30-48(49)57(46)52-56-42-20-10-9-19-40(42)51-55-43-21-11-12-22-47(43)58(51)52/h1-32H. The largest absolute Gasteiger partial charge is 0.279 e. The second kappa shape index (κ2) is 12.8. The highest BCUT2D eigenvalue weighted by Gasteiger charge is 2.21. The zero-order chi connectivity index (χ0) is 38.2. The number of hydrogen-bond donors (Lipinski definition) is 0. The van der Waals surface area contributed by atoms with Crippen molar-refractivity contribution in [3.63, 3.8) is 0 Å². The Bertz CT molecular complexity index is 3490. The van der Waals surface area contributed by atoms with E-state index in [9.17, 15) is 0 Å². The summed E-state index contributed by atoms with van der Waals surface area (Å²) in [5.74, 6) is 1.52. The number of para-hydroxylation sites is 3. The molecule has 4 aromatic heterocycles. The quantitative estimate of drug-likeness (QED) is 0.176. The third-order valence-corrected chi connectivity index (χ3v) is 11.3. The molecule has 0 aliphatic heterocycles. The molecular formula is C52H32N6. The van der Waals surface area contributed by atoms with E-state index in [0.29, 0.717) is 5.82 Å². The van der Waals surface area contributed by atoms with Gasteiger partial charge in [-0.2, -0.15) is 0 Å². The van der Waals surface area contributed by atoms with Crippen molar-refractivity contribution in [2.24, 2.45) is 0 Å². The summed E-state index contributed by atoms with van der Waals surface area (Å²) < 4.78 is 4.54. The second-order valence-electron chi connectivity index (χ2n) is 14.7. The number of fused-ring (bicyclic) bond motifs is 10. The molecule has 270 valence electrons. The van der Waals surface area contributed by atoms with Gasteiger partial charge in [-0.25, -0.2) is 19.9 Å². The van der Waals surface area contributed by atoms with Crippen molar-refractivity contribution < 1.29 is 0 Å². The molecule has 0 aliphatic carbocycles. The summed E-state index contributed by atoms with van der Waals surface area (Å²) in [7, 11) is 0. The van der Waals surface area contributed by atoms with Crippen LogP contribution in [0.3, 0.4) is 0 Å². The van der Waals surface area contributed by atoms with Gasteiger partial charge in [0.25, 0.3) is 0 Å². The fourth-order valence-electron chi connectivity index (χ4n) is 8.56. The second-order valence-corrected chi connectivity index (χ2v) is 14.7. The van der Waals surface area contributed by atoms with Crippen molar-refractivity contribution in [3.8, 4) is 51.0 Å². The minimum absolute atomic E-state index is 0.706. The first-order valence-electron chi connectivity index (χ1n) is 19.5. The van der Waals surface area contributed by atoms with Gasteiger partial charge in [0.1, 0.15) is 5.65 Å². The molecule has 4 heterocycles. The van der Waals surface area contributed by atoms with Crippen LogP contribution in [-0.4, -0.2) is 28.9 Å². The summed E-state index contributed by atoms with van der Waals surface area (Å²) >= 11 is 0. The topological polar surface area (TPSA) is 60.9 Å². The van der Waals surface area contributed by atoms with Crippen molar-refractivity contribution in [3.05, 3.63) is 194 Å². The highest BCUT2D eigenvalue weighted by Crippen LogP contribution is 2.40. The van der Waals surface area contributed by atoms with Crippen molar-refractivity contribution in [1.82, 2.24) is 28.9 Å². The lowest BCUT2D eigenvalue weighted by molar-refractivity contribution is 0.980. The Kier molecular flexibility index (Phi) is 7.13. The molecule has 0 atom stereocenters. The van der Waals surface area contributed by atoms with Gasteiger partial charge in [-0.3, -0.25) is 8.97 Å². The zero-order valence-electron chi connectivity index (χ0n) is 31.2. The molecule has 0 bridgehead atoms. The Morgan fingerprint density at radius 3 is 1.74 bits per heavy atom. The molecular weight excluding hydrogens is 709 g/mol. The Morgan fingerprint density at radius 2 is 0.948 bits per heavy atom. The summed E-state index contributed by atoms with van der Waals surface area (Å²) in [5.41, 5.74) is 13.0. The molecule has 12 rings (SSSR count). The van der Waals surface area contributed by atoms with Crippen molar-refractivity contribution in [2.75, 3.05) is 0 Å². The number of nitrogens with zero attached hydrogens (tertiary/aromatic N) is 6. The normalized spacial score (nSPS) is 11.8. The SMILES string of the molecule is c1ccc(-c2cc(-c3ccc(-c4ccc5c(c4)c4c6ccccc6ccc4n5-c4nc5ccccc5c5nc6ccccc6n45)cc3)nc(-c3ccccc3)n2)cc1. The Morgan fingerprint density at radius 1 is 0.345 bits per heavy atom. The highest BCUT2D eigenvalue weighted by atomic mass is 15.2. The van der Waals surface area contributed by atoms with Crippen LogP contribution < -0.4 is 0 Å². The first kappa shape index (κ1) is 32.3. The summed E-state index contributed by atoms with van der Waals surface area (Å²) in [6.45, 7) is 0. The van der Waals surface area contributed by atoms with Crippen LogP contribution in [-0.2, 0) is 0 Å². The van der Waals surface area contributed by atoms with Crippen LogP contribution in [0.4, 0.5) is 0 Å². The molecule has 0 fully saturated rings. The molecule has 6 heteroatoms. The first-order valence-corrected chi connectivity index (χ1v) is 19.5. The predicted molar refractivity (Wildman–Crippen MR) is 237 cm³/mol. The van der Waals surface area contributed by atoms with Crippen molar-refractivity contribution >= 4 is 60.2 Å². The maximum atomic E-state index is 5.39. The van der Waals surface area contributed by atoms with Crippen molar-refractivity contribution in [1.29, 1.82) is 0 Å². The van der Waals surface area contributed by atoms with Crippen LogP contribution in [0.1, 0.15) is 0 Å². The number of imidazole rings is 1.